The number of amides is 1. The lowest BCUT2D eigenvalue weighted by Gasteiger charge is -2.00. The number of hydrogen-bond acceptors (Lipinski definition) is 7. The number of carbonyl (C=O) groups is 1. The van der Waals surface area contributed by atoms with Gasteiger partial charge in [0.2, 0.25) is 0 Å². The van der Waals surface area contributed by atoms with E-state index in [2.05, 4.69) is 20.6 Å². The van der Waals surface area contributed by atoms with E-state index in [4.69, 9.17) is 5.73 Å². The van der Waals surface area contributed by atoms with Gasteiger partial charge in [-0.05, 0) is 0 Å². The molecule has 17 heavy (non-hydrogen) atoms. The van der Waals surface area contributed by atoms with Crippen LogP contribution in [0.2, 0.25) is 0 Å². The van der Waals surface area contributed by atoms with Gasteiger partial charge >= 0.3 is 0 Å². The summed E-state index contributed by atoms with van der Waals surface area (Å²) in [5.74, 6) is 0.0380. The van der Waals surface area contributed by atoms with Crippen LogP contribution in [0.5, 0.6) is 0 Å². The van der Waals surface area contributed by atoms with Crippen molar-refractivity contribution in [2.45, 2.75) is 6.54 Å². The highest BCUT2D eigenvalue weighted by atomic mass is 32.1. The number of nitrogens with one attached hydrogen (secondary N) is 2. The van der Waals surface area contributed by atoms with Crippen molar-refractivity contribution in [1.82, 2.24) is 15.3 Å². The van der Waals surface area contributed by atoms with Crippen molar-refractivity contribution in [2.75, 3.05) is 18.1 Å². The molecule has 6 nitrogen and oxygen atoms in total. The maximum Gasteiger partial charge on any atom is 0.265 e. The van der Waals surface area contributed by atoms with Crippen LogP contribution in [0.1, 0.15) is 14.5 Å². The molecular weight excluding hydrogens is 258 g/mol. The normalized spacial score (nSPS) is 10.2. The summed E-state index contributed by atoms with van der Waals surface area (Å²) in [7, 11) is 1.73. The number of nitrogens with two attached hydrogens (primary N) is 1. The Labute approximate surface area is 106 Å². The third-order valence-corrected chi connectivity index (χ3v) is 3.85. The van der Waals surface area contributed by atoms with E-state index in [9.17, 15) is 4.79 Å². The zero-order chi connectivity index (χ0) is 12.3. The van der Waals surface area contributed by atoms with Gasteiger partial charge in [-0.25, -0.2) is 4.98 Å². The molecule has 0 aromatic carbocycles. The van der Waals surface area contributed by atoms with E-state index >= 15 is 0 Å². The van der Waals surface area contributed by atoms with Gasteiger partial charge in [0.25, 0.3) is 5.91 Å². The van der Waals surface area contributed by atoms with Crippen molar-refractivity contribution in [3.8, 4) is 0 Å². The summed E-state index contributed by atoms with van der Waals surface area (Å²) in [6.07, 6.45) is 1.72. The Morgan fingerprint density at radius 1 is 1.59 bits per heavy atom. The minimum Gasteiger partial charge on any atom is -0.382 e. The van der Waals surface area contributed by atoms with Crippen molar-refractivity contribution in [3.05, 3.63) is 21.5 Å². The predicted molar refractivity (Wildman–Crippen MR) is 69.4 cm³/mol. The summed E-state index contributed by atoms with van der Waals surface area (Å²) in [4.78, 5) is 21.2. The fraction of sp³-hybridized carbons (Fsp3) is 0.222. The van der Waals surface area contributed by atoms with Gasteiger partial charge in [0.05, 0.1) is 12.1 Å². The molecule has 0 fully saturated rings. The molecule has 2 aromatic rings. The zero-order valence-electron chi connectivity index (χ0n) is 9.06. The third-order valence-electron chi connectivity index (χ3n) is 1.98. The molecule has 4 N–H and O–H groups in total. The van der Waals surface area contributed by atoms with Crippen LogP contribution in [0, 0.1) is 0 Å². The molecule has 8 heteroatoms. The maximum absolute atomic E-state index is 11.8. The number of hydrogen-bond donors (Lipinski definition) is 3. The molecule has 1 amide bonds. The lowest BCUT2D eigenvalue weighted by atomic mass is 10.4. The highest BCUT2D eigenvalue weighted by molar-refractivity contribution is 7.18. The molecule has 2 heterocycles. The summed E-state index contributed by atoms with van der Waals surface area (Å²) < 4.78 is 0. The first kappa shape index (κ1) is 11.8. The van der Waals surface area contributed by atoms with Crippen molar-refractivity contribution < 1.29 is 4.79 Å². The SMILES string of the molecule is CNc1nc(N)c(C(=O)NCc2cncs2)s1. The topological polar surface area (TPSA) is 92.9 Å². The fourth-order valence-electron chi connectivity index (χ4n) is 1.18. The van der Waals surface area contributed by atoms with Gasteiger partial charge in [-0.2, -0.15) is 0 Å². The molecule has 0 aliphatic heterocycles. The molecular formula is C9H11N5OS2. The number of aromatic nitrogens is 2. The highest BCUT2D eigenvalue weighted by Crippen LogP contribution is 2.24. The van der Waals surface area contributed by atoms with E-state index in [1.54, 1.807) is 18.8 Å². The van der Waals surface area contributed by atoms with E-state index in [1.165, 1.54) is 22.7 Å². The average Bonchev–Trinajstić information content (AvgIpc) is 2.94. The Bertz CT molecular complexity index is 507. The van der Waals surface area contributed by atoms with Crippen LogP contribution in [-0.2, 0) is 6.54 Å². The molecule has 2 aromatic heterocycles. The van der Waals surface area contributed by atoms with E-state index in [-0.39, 0.29) is 11.7 Å². The first-order valence-electron chi connectivity index (χ1n) is 4.80. The Hall–Kier alpha value is -1.67. The smallest absolute Gasteiger partial charge is 0.265 e. The van der Waals surface area contributed by atoms with Gasteiger partial charge < -0.3 is 16.4 Å². The van der Waals surface area contributed by atoms with Gasteiger partial charge in [0.1, 0.15) is 10.7 Å². The van der Waals surface area contributed by atoms with Crippen LogP contribution in [0.4, 0.5) is 10.9 Å². The monoisotopic (exact) mass is 269 g/mol. The first-order valence-corrected chi connectivity index (χ1v) is 6.50. The predicted octanol–water partition coefficient (Wildman–Crippen LogP) is 1.15. The molecule has 0 bridgehead atoms. The maximum atomic E-state index is 11.8. The van der Waals surface area contributed by atoms with Gasteiger partial charge in [-0.3, -0.25) is 9.78 Å². The lowest BCUT2D eigenvalue weighted by molar-refractivity contribution is 0.0956. The van der Waals surface area contributed by atoms with Crippen LogP contribution >= 0.6 is 22.7 Å². The van der Waals surface area contributed by atoms with E-state index < -0.39 is 0 Å². The molecule has 0 atom stereocenters. The van der Waals surface area contributed by atoms with Gasteiger partial charge in [-0.15, -0.1) is 11.3 Å². The third kappa shape index (κ3) is 2.71. The minimum atomic E-state index is -0.213. The Balaban J connectivity index is 2.01. The average molecular weight is 269 g/mol. The number of anilines is 2. The lowest BCUT2D eigenvalue weighted by Crippen LogP contribution is -2.22. The summed E-state index contributed by atoms with van der Waals surface area (Å²) in [6, 6.07) is 0. The highest BCUT2D eigenvalue weighted by Gasteiger charge is 2.15. The van der Waals surface area contributed by atoms with Crippen molar-refractivity contribution in [2.24, 2.45) is 0 Å². The van der Waals surface area contributed by atoms with Crippen molar-refractivity contribution in [1.29, 1.82) is 0 Å². The molecule has 0 unspecified atom stereocenters. The van der Waals surface area contributed by atoms with Gasteiger partial charge in [-0.1, -0.05) is 11.3 Å². The van der Waals surface area contributed by atoms with E-state index in [0.717, 1.165) is 4.88 Å². The largest absolute Gasteiger partial charge is 0.382 e. The number of rotatable bonds is 4. The fourth-order valence-corrected chi connectivity index (χ4v) is 2.47. The molecule has 90 valence electrons. The minimum absolute atomic E-state index is 0.213. The second-order valence-corrected chi connectivity index (χ2v) is 5.10. The molecule has 2 rings (SSSR count). The van der Waals surface area contributed by atoms with Gasteiger partial charge in [0, 0.05) is 18.1 Å². The van der Waals surface area contributed by atoms with Crippen LogP contribution in [0.15, 0.2) is 11.7 Å². The zero-order valence-corrected chi connectivity index (χ0v) is 10.7. The summed E-state index contributed by atoms with van der Waals surface area (Å²) in [5, 5.41) is 6.26. The quantitative estimate of drug-likeness (QED) is 0.774. The van der Waals surface area contributed by atoms with Crippen LogP contribution in [-0.4, -0.2) is 22.9 Å². The summed E-state index contributed by atoms with van der Waals surface area (Å²) in [5.41, 5.74) is 7.38. The summed E-state index contributed by atoms with van der Waals surface area (Å²) in [6.45, 7) is 0.454. The Morgan fingerprint density at radius 2 is 2.41 bits per heavy atom. The second kappa shape index (κ2) is 5.11. The molecule has 0 spiro atoms. The van der Waals surface area contributed by atoms with Crippen LogP contribution in [0.25, 0.3) is 0 Å². The summed E-state index contributed by atoms with van der Waals surface area (Å²) >= 11 is 2.73. The molecule has 0 saturated heterocycles. The number of carbonyl (C=O) groups excluding carboxylic acids is 1. The number of nitrogen functional groups attached to an aromatic ring is 1. The van der Waals surface area contributed by atoms with Crippen molar-refractivity contribution >= 4 is 39.5 Å². The molecule has 0 aliphatic rings. The number of nitrogens with zero attached hydrogens (tertiary/aromatic N) is 2. The molecule has 0 saturated carbocycles. The molecule has 0 radical (unpaired) electrons. The number of thiazole rings is 2. The van der Waals surface area contributed by atoms with E-state index in [0.29, 0.717) is 16.6 Å². The standard InChI is InChI=1S/C9H11N5OS2/c1-11-9-14-7(10)6(17-9)8(15)13-3-5-2-12-4-16-5/h2,4H,3,10H2,1H3,(H,11,14)(H,13,15). The van der Waals surface area contributed by atoms with E-state index in [1.807, 2.05) is 0 Å². The van der Waals surface area contributed by atoms with Gasteiger partial charge in [0.15, 0.2) is 5.13 Å². The van der Waals surface area contributed by atoms with Crippen molar-refractivity contribution in [3.63, 3.8) is 0 Å². The second-order valence-electron chi connectivity index (χ2n) is 3.13. The first-order chi connectivity index (χ1) is 8.20. The van der Waals surface area contributed by atoms with Crippen LogP contribution < -0.4 is 16.4 Å². The molecule has 0 aliphatic carbocycles. The van der Waals surface area contributed by atoms with Crippen LogP contribution in [0.3, 0.4) is 0 Å². The Kier molecular flexibility index (Phi) is 3.55. The Morgan fingerprint density at radius 3 is 3.00 bits per heavy atom.